The van der Waals surface area contributed by atoms with Crippen LogP contribution >= 0.6 is 0 Å². The summed E-state index contributed by atoms with van der Waals surface area (Å²) in [6, 6.07) is 10.8. The van der Waals surface area contributed by atoms with Gasteiger partial charge in [-0.05, 0) is 48.7 Å². The Balaban J connectivity index is 2.08. The molecule has 0 radical (unpaired) electrons. The fourth-order valence-electron chi connectivity index (χ4n) is 2.96. The molecule has 0 atom stereocenters. The van der Waals surface area contributed by atoms with E-state index in [1.54, 1.807) is 24.3 Å². The van der Waals surface area contributed by atoms with Gasteiger partial charge < -0.3 is 9.84 Å². The molecule has 2 aromatic carbocycles. The average Bonchev–Trinajstić information content (AvgIpc) is 2.61. The lowest BCUT2D eigenvalue weighted by molar-refractivity contribution is 0.451. The van der Waals surface area contributed by atoms with E-state index in [1.165, 1.54) is 43.9 Å². The summed E-state index contributed by atoms with van der Waals surface area (Å²) in [5, 5.41) is 9.58. The predicted octanol–water partition coefficient (Wildman–Crippen LogP) is 5.72. The van der Waals surface area contributed by atoms with E-state index in [0.717, 1.165) is 24.8 Å². The van der Waals surface area contributed by atoms with E-state index in [-0.39, 0.29) is 10.6 Å². The maximum Gasteiger partial charge on any atom is 0.294 e. The fourth-order valence-corrected chi connectivity index (χ4v) is 3.49. The van der Waals surface area contributed by atoms with Gasteiger partial charge in [-0.2, -0.15) is 8.42 Å². The van der Waals surface area contributed by atoms with Crippen LogP contribution in [0.4, 0.5) is 0 Å². The zero-order valence-electron chi connectivity index (χ0n) is 15.7. The fraction of sp³-hybridized carbons (Fsp3) is 0.429. The number of aryl methyl sites for hydroxylation is 1. The van der Waals surface area contributed by atoms with Crippen LogP contribution in [0, 0.1) is 0 Å². The van der Waals surface area contributed by atoms with E-state index in [4.69, 9.17) is 4.74 Å². The Bertz CT molecular complexity index is 830. The first kappa shape index (κ1) is 21.3. The van der Waals surface area contributed by atoms with Gasteiger partial charge in [0.2, 0.25) is 0 Å². The largest absolute Gasteiger partial charge is 0.508 e. The quantitative estimate of drug-likeness (QED) is 0.377. The first-order valence-corrected chi connectivity index (χ1v) is 10.9. The van der Waals surface area contributed by atoms with Crippen molar-refractivity contribution in [2.75, 3.05) is 0 Å². The van der Waals surface area contributed by atoms with Gasteiger partial charge in [0.1, 0.15) is 17.2 Å². The maximum atomic E-state index is 11.5. The van der Waals surface area contributed by atoms with Crippen molar-refractivity contribution in [1.29, 1.82) is 0 Å². The third-order valence-corrected chi connectivity index (χ3v) is 5.27. The first-order chi connectivity index (χ1) is 12.9. The van der Waals surface area contributed by atoms with Gasteiger partial charge in [-0.25, -0.2) is 0 Å². The number of phenols is 1. The number of hydrogen-bond acceptors (Lipinski definition) is 4. The number of unbranched alkanes of at least 4 members (excludes halogenated alkanes) is 6. The summed E-state index contributed by atoms with van der Waals surface area (Å²) in [5.41, 5.74) is 0.724. The molecular formula is C21H28O5S. The standard InChI is InChI=1S/C21H28O5S/c1-2-3-4-5-6-7-8-10-17-15-20(27(23,24)25)13-14-21(17)26-19-12-9-11-18(22)16-19/h9,11-16,22H,2-8,10H2,1H3,(H,23,24,25). The molecule has 27 heavy (non-hydrogen) atoms. The summed E-state index contributed by atoms with van der Waals surface area (Å²) >= 11 is 0. The molecule has 5 nitrogen and oxygen atoms in total. The van der Waals surface area contributed by atoms with Crippen molar-refractivity contribution in [2.45, 2.75) is 63.2 Å². The summed E-state index contributed by atoms with van der Waals surface area (Å²) in [4.78, 5) is -0.135. The van der Waals surface area contributed by atoms with Crippen molar-refractivity contribution in [2.24, 2.45) is 0 Å². The van der Waals surface area contributed by atoms with E-state index in [2.05, 4.69) is 6.92 Å². The molecule has 0 heterocycles. The van der Waals surface area contributed by atoms with Crippen LogP contribution in [0.3, 0.4) is 0 Å². The Morgan fingerprint density at radius 1 is 0.926 bits per heavy atom. The van der Waals surface area contributed by atoms with Crippen LogP contribution in [-0.4, -0.2) is 18.1 Å². The minimum Gasteiger partial charge on any atom is -0.508 e. The lowest BCUT2D eigenvalue weighted by Gasteiger charge is -2.13. The van der Waals surface area contributed by atoms with Gasteiger partial charge in [0.25, 0.3) is 10.1 Å². The number of ether oxygens (including phenoxy) is 1. The molecule has 0 aliphatic rings. The Morgan fingerprint density at radius 2 is 1.63 bits per heavy atom. The zero-order valence-corrected chi connectivity index (χ0v) is 16.5. The third-order valence-electron chi connectivity index (χ3n) is 4.42. The molecule has 0 amide bonds. The molecule has 0 aromatic heterocycles. The molecule has 0 fully saturated rings. The summed E-state index contributed by atoms with van der Waals surface area (Å²) in [6.07, 6.45) is 8.73. The number of hydrogen-bond donors (Lipinski definition) is 2. The summed E-state index contributed by atoms with van der Waals surface area (Å²) in [6.45, 7) is 2.19. The molecule has 0 bridgehead atoms. The van der Waals surface area contributed by atoms with Crippen LogP contribution < -0.4 is 4.74 Å². The highest BCUT2D eigenvalue weighted by Gasteiger charge is 2.14. The highest BCUT2D eigenvalue weighted by atomic mass is 32.2. The van der Waals surface area contributed by atoms with E-state index >= 15 is 0 Å². The van der Waals surface area contributed by atoms with Crippen molar-refractivity contribution in [3.63, 3.8) is 0 Å². The van der Waals surface area contributed by atoms with Crippen LogP contribution in [0.2, 0.25) is 0 Å². The SMILES string of the molecule is CCCCCCCCCc1cc(S(=O)(=O)O)ccc1Oc1cccc(O)c1. The van der Waals surface area contributed by atoms with Crippen LogP contribution in [0.5, 0.6) is 17.2 Å². The predicted molar refractivity (Wildman–Crippen MR) is 106 cm³/mol. The van der Waals surface area contributed by atoms with Gasteiger partial charge in [0.05, 0.1) is 4.90 Å². The monoisotopic (exact) mass is 392 g/mol. The van der Waals surface area contributed by atoms with Gasteiger partial charge >= 0.3 is 0 Å². The highest BCUT2D eigenvalue weighted by Crippen LogP contribution is 2.30. The highest BCUT2D eigenvalue weighted by molar-refractivity contribution is 7.85. The topological polar surface area (TPSA) is 83.8 Å². The lowest BCUT2D eigenvalue weighted by atomic mass is 10.0. The van der Waals surface area contributed by atoms with Crippen molar-refractivity contribution < 1.29 is 22.8 Å². The summed E-state index contributed by atoms with van der Waals surface area (Å²) in [7, 11) is -4.26. The van der Waals surface area contributed by atoms with E-state index in [1.807, 2.05) is 0 Å². The molecule has 0 spiro atoms. The molecule has 6 heteroatoms. The molecule has 0 aliphatic carbocycles. The Labute approximate surface area is 161 Å². The number of aromatic hydroxyl groups is 1. The minimum atomic E-state index is -4.26. The number of benzene rings is 2. The van der Waals surface area contributed by atoms with Crippen molar-refractivity contribution in [3.8, 4) is 17.2 Å². The molecule has 0 saturated carbocycles. The summed E-state index contributed by atoms with van der Waals surface area (Å²) < 4.78 is 38.1. The Morgan fingerprint density at radius 3 is 2.30 bits per heavy atom. The summed E-state index contributed by atoms with van der Waals surface area (Å²) in [5.74, 6) is 1.09. The van der Waals surface area contributed by atoms with Gasteiger partial charge in [-0.15, -0.1) is 0 Å². The van der Waals surface area contributed by atoms with Gasteiger partial charge in [-0.1, -0.05) is 51.5 Å². The maximum absolute atomic E-state index is 11.5. The number of phenolic OH excluding ortho intramolecular Hbond substituents is 1. The van der Waals surface area contributed by atoms with Crippen LogP contribution in [0.1, 0.15) is 57.4 Å². The second-order valence-corrected chi connectivity index (χ2v) is 8.14. The van der Waals surface area contributed by atoms with Crippen molar-refractivity contribution >= 4 is 10.1 Å². The van der Waals surface area contributed by atoms with Gasteiger partial charge in [0, 0.05) is 6.07 Å². The van der Waals surface area contributed by atoms with Crippen molar-refractivity contribution in [3.05, 3.63) is 48.0 Å². The van der Waals surface area contributed by atoms with E-state index in [9.17, 15) is 18.1 Å². The lowest BCUT2D eigenvalue weighted by Crippen LogP contribution is -2.01. The molecule has 148 valence electrons. The average molecular weight is 393 g/mol. The van der Waals surface area contributed by atoms with Crippen LogP contribution in [-0.2, 0) is 16.5 Å². The van der Waals surface area contributed by atoms with Crippen LogP contribution in [0.25, 0.3) is 0 Å². The molecule has 2 N–H and O–H groups in total. The van der Waals surface area contributed by atoms with E-state index in [0.29, 0.717) is 17.9 Å². The van der Waals surface area contributed by atoms with Gasteiger partial charge in [-0.3, -0.25) is 4.55 Å². The molecule has 0 unspecified atom stereocenters. The third kappa shape index (κ3) is 7.23. The zero-order chi connectivity index (χ0) is 19.7. The molecule has 0 aliphatic heterocycles. The van der Waals surface area contributed by atoms with Crippen LogP contribution in [0.15, 0.2) is 47.4 Å². The normalized spacial score (nSPS) is 11.5. The van der Waals surface area contributed by atoms with E-state index < -0.39 is 10.1 Å². The number of rotatable bonds is 11. The Hall–Kier alpha value is -2.05. The molecule has 0 saturated heterocycles. The molecule has 2 aromatic rings. The minimum absolute atomic E-state index is 0.0932. The first-order valence-electron chi connectivity index (χ1n) is 9.47. The smallest absolute Gasteiger partial charge is 0.294 e. The second-order valence-electron chi connectivity index (χ2n) is 6.72. The Kier molecular flexibility index (Phi) is 8.13. The second kappa shape index (κ2) is 10.3. The molecular weight excluding hydrogens is 364 g/mol. The van der Waals surface area contributed by atoms with Gasteiger partial charge in [0.15, 0.2) is 0 Å². The molecule has 2 rings (SSSR count). The van der Waals surface area contributed by atoms with Crippen molar-refractivity contribution in [1.82, 2.24) is 0 Å².